The molecule has 7 N–H and O–H groups in total. The van der Waals surface area contributed by atoms with Gasteiger partial charge < -0.3 is 16.2 Å². The molecule has 21 heteroatoms. The highest BCUT2D eigenvalue weighted by molar-refractivity contribution is 7.93. The van der Waals surface area contributed by atoms with Crippen molar-refractivity contribution in [2.75, 3.05) is 11.1 Å². The summed E-state index contributed by atoms with van der Waals surface area (Å²) in [6.45, 7) is 0. The van der Waals surface area contributed by atoms with Crippen molar-refractivity contribution in [2.45, 2.75) is 15.5 Å². The summed E-state index contributed by atoms with van der Waals surface area (Å²) in [5, 5.41) is 32.9. The van der Waals surface area contributed by atoms with Crippen molar-refractivity contribution in [3.8, 4) is 5.75 Å². The lowest BCUT2D eigenvalue weighted by molar-refractivity contribution is -0.432. The summed E-state index contributed by atoms with van der Waals surface area (Å²) in [6, 6.07) is 7.31. The number of phenols is 1. The Balaban J connectivity index is 1.88. The quantitative estimate of drug-likeness (QED) is 0.0160. The summed E-state index contributed by atoms with van der Waals surface area (Å²) in [4.78, 5) is 4.74. The Hall–Kier alpha value is -4.09. The molecule has 0 fully saturated rings. The molecule has 0 aliphatic rings. The van der Waals surface area contributed by atoms with Crippen LogP contribution in [0, 0.1) is 12.0 Å². The number of aromatic nitrogens is 2. The highest BCUT2D eigenvalue weighted by atomic mass is 32.2. The molecule has 0 amide bonds. The topological polar surface area (TPSA) is 256 Å². The minimum absolute atomic E-state index is 0.00501. The van der Waals surface area contributed by atoms with Gasteiger partial charge in [0.25, 0.3) is 20.2 Å². The number of nitrogens with two attached hydrogens (primary N) is 1. The average Bonchev–Trinajstić information content (AvgIpc) is 2.87. The van der Waals surface area contributed by atoms with Crippen LogP contribution in [0.15, 0.2) is 62.5 Å². The second-order valence-corrected chi connectivity index (χ2v) is 11.5. The third-order valence-electron chi connectivity index (χ3n) is 5.34. The molecule has 0 atom stereocenters. The lowest BCUT2D eigenvalue weighted by Gasteiger charge is -2.14. The number of phenolic OH excluding ortho intramolecular Hbond substituents is 1. The SMILES string of the molecule is Nc1ccc2cc(S(=O)(=O)O)c(CSOOO)c(O)c2c1N=Nc1cc(Nc2cc(F)nc(F)n2)ccc1S(=O)(=O)O. The molecule has 4 rings (SSSR count). The second-order valence-electron chi connectivity index (χ2n) is 8.01. The smallest absolute Gasteiger partial charge is 0.313 e. The van der Waals surface area contributed by atoms with E-state index < -0.39 is 64.8 Å². The van der Waals surface area contributed by atoms with Crippen molar-refractivity contribution in [3.63, 3.8) is 0 Å². The van der Waals surface area contributed by atoms with Crippen molar-refractivity contribution >= 4 is 71.6 Å². The van der Waals surface area contributed by atoms with Crippen LogP contribution in [-0.2, 0) is 35.4 Å². The Labute approximate surface area is 238 Å². The first-order valence-corrected chi connectivity index (χ1v) is 14.6. The lowest BCUT2D eigenvalue weighted by atomic mass is 10.0. The normalized spacial score (nSPS) is 12.3. The second kappa shape index (κ2) is 12.0. The van der Waals surface area contributed by atoms with E-state index in [0.717, 1.165) is 30.3 Å². The number of aromatic hydroxyl groups is 1. The van der Waals surface area contributed by atoms with E-state index >= 15 is 0 Å². The number of rotatable bonds is 10. The van der Waals surface area contributed by atoms with Crippen LogP contribution in [0.2, 0.25) is 0 Å². The molecule has 0 saturated carbocycles. The van der Waals surface area contributed by atoms with Crippen molar-refractivity contribution in [1.29, 1.82) is 0 Å². The first-order chi connectivity index (χ1) is 19.7. The number of benzene rings is 3. The number of nitrogens with one attached hydrogen (secondary N) is 1. The first-order valence-electron chi connectivity index (χ1n) is 10.8. The van der Waals surface area contributed by atoms with Gasteiger partial charge in [-0.25, -0.2) is 5.26 Å². The van der Waals surface area contributed by atoms with Crippen molar-refractivity contribution in [2.24, 2.45) is 10.2 Å². The fraction of sp³-hybridized carbons (Fsp3) is 0.0476. The zero-order chi connectivity index (χ0) is 30.8. The third-order valence-corrected chi connectivity index (χ3v) is 7.73. The summed E-state index contributed by atoms with van der Waals surface area (Å²) >= 11 is 0.338. The average molecular weight is 647 g/mol. The van der Waals surface area contributed by atoms with Gasteiger partial charge in [-0.15, -0.1) is 14.6 Å². The Bertz CT molecular complexity index is 1930. The maximum atomic E-state index is 13.5. The van der Waals surface area contributed by atoms with E-state index in [1.54, 1.807) is 0 Å². The van der Waals surface area contributed by atoms with Gasteiger partial charge in [0.05, 0.1) is 16.8 Å². The van der Waals surface area contributed by atoms with Gasteiger partial charge in [-0.1, -0.05) is 11.1 Å². The maximum Gasteiger partial charge on any atom is 0.313 e. The highest BCUT2D eigenvalue weighted by Gasteiger charge is 2.24. The molecular formula is C21H16F2N6O10S3. The van der Waals surface area contributed by atoms with E-state index in [4.69, 9.17) is 11.0 Å². The van der Waals surface area contributed by atoms with Crippen LogP contribution in [0.25, 0.3) is 10.8 Å². The zero-order valence-corrected chi connectivity index (χ0v) is 22.8. The number of nitrogen functional groups attached to an aromatic ring is 1. The summed E-state index contributed by atoms with van der Waals surface area (Å²) < 4.78 is 98.4. The Morgan fingerprint density at radius 2 is 1.69 bits per heavy atom. The number of nitrogens with zero attached hydrogens (tertiary/aromatic N) is 4. The molecule has 0 bridgehead atoms. The van der Waals surface area contributed by atoms with Crippen LogP contribution >= 0.6 is 12.0 Å². The van der Waals surface area contributed by atoms with Gasteiger partial charge in [0.1, 0.15) is 32.7 Å². The van der Waals surface area contributed by atoms with Crippen LogP contribution < -0.4 is 11.1 Å². The molecule has 0 radical (unpaired) electrons. The first kappa shape index (κ1) is 30.9. The van der Waals surface area contributed by atoms with Crippen molar-refractivity contribution in [3.05, 3.63) is 60.1 Å². The Morgan fingerprint density at radius 1 is 0.976 bits per heavy atom. The van der Waals surface area contributed by atoms with Gasteiger partial charge in [0, 0.05) is 29.4 Å². The molecule has 0 spiro atoms. The summed E-state index contributed by atoms with van der Waals surface area (Å²) in [6.07, 6.45) is -1.39. The third kappa shape index (κ3) is 6.85. The van der Waals surface area contributed by atoms with Crippen LogP contribution in [0.3, 0.4) is 0 Å². The number of fused-ring (bicyclic) bond motifs is 1. The van der Waals surface area contributed by atoms with Gasteiger partial charge in [0.2, 0.25) is 5.95 Å². The predicted octanol–water partition coefficient (Wildman–Crippen LogP) is 4.42. The summed E-state index contributed by atoms with van der Waals surface area (Å²) in [7, 11) is -9.79. The molecule has 1 aromatic heterocycles. The van der Waals surface area contributed by atoms with Gasteiger partial charge in [-0.2, -0.15) is 35.6 Å². The van der Waals surface area contributed by atoms with Gasteiger partial charge >= 0.3 is 6.08 Å². The highest BCUT2D eigenvalue weighted by Crippen LogP contribution is 2.44. The fourth-order valence-electron chi connectivity index (χ4n) is 3.67. The van der Waals surface area contributed by atoms with Crippen LogP contribution in [0.5, 0.6) is 5.75 Å². The zero-order valence-electron chi connectivity index (χ0n) is 20.3. The molecule has 42 heavy (non-hydrogen) atoms. The molecule has 0 unspecified atom stereocenters. The van der Waals surface area contributed by atoms with E-state index in [2.05, 4.69) is 34.9 Å². The molecule has 4 aromatic rings. The van der Waals surface area contributed by atoms with Crippen molar-refractivity contribution in [1.82, 2.24) is 9.97 Å². The molecule has 16 nitrogen and oxygen atoms in total. The molecule has 0 aliphatic heterocycles. The standard InChI is InChI=1S/C21H16F2N6O10S3/c22-16-7-17(27-21(23)26-16)25-10-2-4-14(41(32,33)34)13(6-10)28-29-19-12(24)3-1-9-5-15(42(35,36)37)11(8-40-39-38-31)20(30)18(9)19/h1-7,30-31H,8,24H2,(H,25,26,27)(H,32,33,34)(H,35,36,37). The molecule has 0 aliphatic carbocycles. The molecular weight excluding hydrogens is 630 g/mol. The molecule has 3 aromatic carbocycles. The van der Waals surface area contributed by atoms with Crippen molar-refractivity contribution < 1.29 is 54.5 Å². The van der Waals surface area contributed by atoms with Gasteiger partial charge in [0.15, 0.2) is 0 Å². The Morgan fingerprint density at radius 3 is 2.33 bits per heavy atom. The van der Waals surface area contributed by atoms with Crippen LogP contribution in [0.4, 0.5) is 37.3 Å². The Kier molecular flexibility index (Phi) is 8.84. The van der Waals surface area contributed by atoms with Gasteiger partial charge in [-0.05, 0) is 35.7 Å². The fourth-order valence-corrected chi connectivity index (χ4v) is 5.62. The van der Waals surface area contributed by atoms with E-state index in [0.29, 0.717) is 12.0 Å². The minimum atomic E-state index is -4.90. The molecule has 1 heterocycles. The number of anilines is 3. The monoisotopic (exact) mass is 646 g/mol. The number of hydrogen-bond donors (Lipinski definition) is 6. The predicted molar refractivity (Wildman–Crippen MR) is 142 cm³/mol. The van der Waals surface area contributed by atoms with E-state index in [-0.39, 0.29) is 33.7 Å². The van der Waals surface area contributed by atoms with Crippen LogP contribution in [-0.4, -0.2) is 46.3 Å². The van der Waals surface area contributed by atoms with E-state index in [1.165, 1.54) is 12.1 Å². The summed E-state index contributed by atoms with van der Waals surface area (Å²) in [5.41, 5.74) is 4.66. The maximum absolute atomic E-state index is 13.5. The summed E-state index contributed by atoms with van der Waals surface area (Å²) in [5.74, 6) is -2.79. The minimum Gasteiger partial charge on any atom is -0.507 e. The number of halogens is 2. The largest absolute Gasteiger partial charge is 0.507 e. The van der Waals surface area contributed by atoms with E-state index in [9.17, 15) is 39.8 Å². The number of azo groups is 1. The number of hydrogen-bond acceptors (Lipinski definition) is 15. The van der Waals surface area contributed by atoms with Crippen LogP contribution in [0.1, 0.15) is 5.56 Å². The van der Waals surface area contributed by atoms with Gasteiger partial charge in [-0.3, -0.25) is 9.11 Å². The lowest BCUT2D eigenvalue weighted by Crippen LogP contribution is -2.04. The van der Waals surface area contributed by atoms with E-state index in [1.807, 2.05) is 0 Å². The molecule has 0 saturated heterocycles. The molecule has 222 valence electrons.